The maximum atomic E-state index is 13.0. The van der Waals surface area contributed by atoms with E-state index in [1.807, 2.05) is 23.1 Å². The van der Waals surface area contributed by atoms with Crippen molar-refractivity contribution in [3.8, 4) is 11.5 Å². The van der Waals surface area contributed by atoms with Crippen molar-refractivity contribution in [3.05, 3.63) is 47.3 Å². The lowest BCUT2D eigenvalue weighted by Crippen LogP contribution is -2.36. The molecule has 0 saturated carbocycles. The van der Waals surface area contributed by atoms with E-state index in [-0.39, 0.29) is 11.4 Å². The van der Waals surface area contributed by atoms with E-state index in [1.54, 1.807) is 26.6 Å². The Morgan fingerprint density at radius 2 is 1.74 bits per heavy atom. The molecule has 1 aliphatic heterocycles. The predicted octanol–water partition coefficient (Wildman–Crippen LogP) is 3.51. The Morgan fingerprint density at radius 1 is 1.07 bits per heavy atom. The fourth-order valence-electron chi connectivity index (χ4n) is 3.30. The van der Waals surface area contributed by atoms with Crippen molar-refractivity contribution in [1.82, 2.24) is 9.88 Å². The van der Waals surface area contributed by atoms with Gasteiger partial charge in [-0.1, -0.05) is 0 Å². The first-order valence-corrected chi connectivity index (χ1v) is 9.07. The van der Waals surface area contributed by atoms with Crippen molar-refractivity contribution < 1.29 is 14.3 Å². The van der Waals surface area contributed by atoms with Crippen LogP contribution >= 0.6 is 0 Å². The highest BCUT2D eigenvalue weighted by Gasteiger charge is 2.24. The molecule has 0 bridgehead atoms. The van der Waals surface area contributed by atoms with Crippen LogP contribution in [-0.4, -0.2) is 42.1 Å². The maximum absolute atomic E-state index is 13.0. The molecule has 2 aromatic rings. The number of ether oxygens (including phenoxy) is 2. The Bertz CT molecular complexity index is 843. The summed E-state index contributed by atoms with van der Waals surface area (Å²) in [5.41, 5.74) is 3.62. The van der Waals surface area contributed by atoms with Gasteiger partial charge < -0.3 is 19.7 Å². The number of benzene rings is 1. The summed E-state index contributed by atoms with van der Waals surface area (Å²) in [4.78, 5) is 19.1. The monoisotopic (exact) mass is 369 g/mol. The van der Waals surface area contributed by atoms with E-state index in [4.69, 9.17) is 9.47 Å². The van der Waals surface area contributed by atoms with E-state index < -0.39 is 0 Å². The van der Waals surface area contributed by atoms with Crippen LogP contribution in [0.4, 0.5) is 5.69 Å². The number of aromatic nitrogens is 1. The number of nitrogens with zero attached hydrogens (tertiary/aromatic N) is 2. The number of rotatable bonds is 4. The second-order valence-electron chi connectivity index (χ2n) is 7.79. The molecule has 6 nitrogen and oxygen atoms in total. The minimum Gasteiger partial charge on any atom is -0.493 e. The Balaban J connectivity index is 1.81. The summed E-state index contributed by atoms with van der Waals surface area (Å²) in [6.45, 7) is 7.43. The van der Waals surface area contributed by atoms with E-state index in [9.17, 15) is 4.79 Å². The van der Waals surface area contributed by atoms with E-state index in [0.29, 0.717) is 24.4 Å². The van der Waals surface area contributed by atoms with E-state index in [1.165, 1.54) is 5.56 Å². The third kappa shape index (κ3) is 4.32. The molecule has 144 valence electrons. The molecule has 3 rings (SSSR count). The molecular weight excluding hydrogens is 342 g/mol. The number of amides is 1. The Morgan fingerprint density at radius 3 is 2.37 bits per heavy atom. The zero-order chi connectivity index (χ0) is 19.6. The molecule has 1 N–H and O–H groups in total. The molecule has 1 aromatic carbocycles. The van der Waals surface area contributed by atoms with Crippen molar-refractivity contribution in [2.75, 3.05) is 26.1 Å². The maximum Gasteiger partial charge on any atom is 0.255 e. The summed E-state index contributed by atoms with van der Waals surface area (Å²) < 4.78 is 10.8. The van der Waals surface area contributed by atoms with Crippen LogP contribution in [0.2, 0.25) is 0 Å². The van der Waals surface area contributed by atoms with Crippen LogP contribution in [0.15, 0.2) is 30.6 Å². The average molecular weight is 369 g/mol. The molecule has 0 unspecified atom stereocenters. The molecule has 2 heterocycles. The Hall–Kier alpha value is -2.76. The molecule has 0 aliphatic carbocycles. The topological polar surface area (TPSA) is 63.7 Å². The summed E-state index contributed by atoms with van der Waals surface area (Å²) in [5.74, 6) is 1.39. The minimum atomic E-state index is -0.0942. The molecule has 6 heteroatoms. The van der Waals surface area contributed by atoms with Gasteiger partial charge in [0, 0.05) is 31.0 Å². The van der Waals surface area contributed by atoms with Crippen LogP contribution < -0.4 is 14.8 Å². The molecule has 27 heavy (non-hydrogen) atoms. The number of anilines is 1. The van der Waals surface area contributed by atoms with Gasteiger partial charge >= 0.3 is 0 Å². The van der Waals surface area contributed by atoms with Gasteiger partial charge in [-0.25, -0.2) is 0 Å². The number of carbonyl (C=O) groups is 1. The zero-order valence-electron chi connectivity index (χ0n) is 16.6. The highest BCUT2D eigenvalue weighted by atomic mass is 16.5. The number of nitrogens with one attached hydrogen (secondary N) is 1. The molecule has 1 amide bonds. The fourth-order valence-corrected chi connectivity index (χ4v) is 3.30. The van der Waals surface area contributed by atoms with E-state index >= 15 is 0 Å². The van der Waals surface area contributed by atoms with Crippen molar-refractivity contribution in [1.29, 1.82) is 0 Å². The molecule has 0 fully saturated rings. The fraction of sp³-hybridized carbons (Fsp3) is 0.429. The number of methoxy groups -OCH3 is 2. The molecular formula is C21H27N3O3. The first-order chi connectivity index (χ1) is 12.8. The van der Waals surface area contributed by atoms with Crippen LogP contribution in [0.3, 0.4) is 0 Å². The first kappa shape index (κ1) is 19.0. The van der Waals surface area contributed by atoms with Crippen LogP contribution in [0.1, 0.15) is 42.3 Å². The van der Waals surface area contributed by atoms with Gasteiger partial charge in [-0.3, -0.25) is 9.78 Å². The summed E-state index contributed by atoms with van der Waals surface area (Å²) in [6.07, 6.45) is 4.15. The van der Waals surface area contributed by atoms with Crippen LogP contribution in [0, 0.1) is 0 Å². The smallest absolute Gasteiger partial charge is 0.255 e. The van der Waals surface area contributed by atoms with Crippen LogP contribution in [-0.2, 0) is 13.0 Å². The number of hydrogen-bond donors (Lipinski definition) is 1. The van der Waals surface area contributed by atoms with Crippen molar-refractivity contribution in [3.63, 3.8) is 0 Å². The van der Waals surface area contributed by atoms with Gasteiger partial charge in [0.1, 0.15) is 0 Å². The molecule has 0 saturated heterocycles. The van der Waals surface area contributed by atoms with Gasteiger partial charge in [-0.2, -0.15) is 0 Å². The lowest BCUT2D eigenvalue weighted by atomic mass is 9.98. The second-order valence-corrected chi connectivity index (χ2v) is 7.79. The number of carbonyl (C=O) groups excluding carboxylic acids is 1. The van der Waals surface area contributed by atoms with Gasteiger partial charge in [0.2, 0.25) is 0 Å². The van der Waals surface area contributed by atoms with Gasteiger partial charge in [0.15, 0.2) is 11.5 Å². The standard InChI is InChI=1S/C21H27N3O3/c1-21(2,3)23-17-8-15(11-22-12-17)20(25)24-7-6-14-9-18(26-4)19(27-5)10-16(14)13-24/h8-12,23H,6-7,13H2,1-5H3. The largest absolute Gasteiger partial charge is 0.493 e. The van der Waals surface area contributed by atoms with Crippen molar-refractivity contribution >= 4 is 11.6 Å². The Labute approximate surface area is 160 Å². The molecule has 0 atom stereocenters. The third-order valence-corrected chi connectivity index (χ3v) is 4.51. The summed E-state index contributed by atoms with van der Waals surface area (Å²) >= 11 is 0. The van der Waals surface area contributed by atoms with Crippen LogP contribution in [0.25, 0.3) is 0 Å². The average Bonchev–Trinajstić information content (AvgIpc) is 2.64. The van der Waals surface area contributed by atoms with Gasteiger partial charge in [0.05, 0.1) is 25.5 Å². The van der Waals surface area contributed by atoms with Gasteiger partial charge in [-0.05, 0) is 56.5 Å². The number of pyridine rings is 1. The number of fused-ring (bicyclic) bond motifs is 1. The highest BCUT2D eigenvalue weighted by molar-refractivity contribution is 5.95. The molecule has 1 aliphatic rings. The van der Waals surface area contributed by atoms with Crippen molar-refractivity contribution in [2.45, 2.75) is 39.3 Å². The summed E-state index contributed by atoms with van der Waals surface area (Å²) in [7, 11) is 3.25. The quantitative estimate of drug-likeness (QED) is 0.894. The number of hydrogen-bond acceptors (Lipinski definition) is 5. The Kier molecular flexibility index (Phi) is 5.26. The van der Waals surface area contributed by atoms with Gasteiger partial charge in [0.25, 0.3) is 5.91 Å². The first-order valence-electron chi connectivity index (χ1n) is 9.07. The molecule has 1 aromatic heterocycles. The lowest BCUT2D eigenvalue weighted by molar-refractivity contribution is 0.0734. The minimum absolute atomic E-state index is 0.0134. The molecule has 0 radical (unpaired) electrons. The van der Waals surface area contributed by atoms with Crippen LogP contribution in [0.5, 0.6) is 11.5 Å². The van der Waals surface area contributed by atoms with E-state index in [2.05, 4.69) is 31.1 Å². The zero-order valence-corrected chi connectivity index (χ0v) is 16.6. The van der Waals surface area contributed by atoms with Crippen molar-refractivity contribution in [2.24, 2.45) is 0 Å². The van der Waals surface area contributed by atoms with E-state index in [0.717, 1.165) is 23.4 Å². The third-order valence-electron chi connectivity index (χ3n) is 4.51. The molecule has 0 spiro atoms. The SMILES string of the molecule is COc1cc2c(cc1OC)CN(C(=O)c1cncc(NC(C)(C)C)c1)CC2. The second kappa shape index (κ2) is 7.47. The van der Waals surface area contributed by atoms with Gasteiger partial charge in [-0.15, -0.1) is 0 Å². The lowest BCUT2D eigenvalue weighted by Gasteiger charge is -2.30. The summed E-state index contributed by atoms with van der Waals surface area (Å²) in [6, 6.07) is 5.83. The normalized spacial score (nSPS) is 13.7. The highest BCUT2D eigenvalue weighted by Crippen LogP contribution is 2.33. The predicted molar refractivity (Wildman–Crippen MR) is 106 cm³/mol. The summed E-state index contributed by atoms with van der Waals surface area (Å²) in [5, 5.41) is 3.36.